The smallest absolute Gasteiger partial charge is 0.233 e. The highest BCUT2D eigenvalue weighted by Gasteiger charge is 2.27. The Morgan fingerprint density at radius 3 is 2.73 bits per heavy atom. The van der Waals surface area contributed by atoms with Gasteiger partial charge < -0.3 is 10.6 Å². The van der Waals surface area contributed by atoms with Crippen LogP contribution in [0.15, 0.2) is 24.3 Å². The van der Waals surface area contributed by atoms with Gasteiger partial charge in [-0.25, -0.2) is 8.42 Å². The van der Waals surface area contributed by atoms with E-state index in [1.165, 1.54) is 11.1 Å². The highest BCUT2D eigenvalue weighted by Crippen LogP contribution is 2.17. The summed E-state index contributed by atoms with van der Waals surface area (Å²) >= 11 is 0. The Bertz CT molecular complexity index is 628. The zero-order valence-electron chi connectivity index (χ0n) is 13.1. The highest BCUT2D eigenvalue weighted by atomic mass is 32.2. The van der Waals surface area contributed by atoms with Crippen LogP contribution in [-0.2, 0) is 14.6 Å². The first-order chi connectivity index (χ1) is 10.4. The molecule has 2 atom stereocenters. The van der Waals surface area contributed by atoms with Gasteiger partial charge >= 0.3 is 0 Å². The van der Waals surface area contributed by atoms with Crippen LogP contribution in [0.2, 0.25) is 0 Å². The second-order valence-corrected chi connectivity index (χ2v) is 8.26. The molecule has 0 radical (unpaired) electrons. The van der Waals surface area contributed by atoms with Gasteiger partial charge in [0, 0.05) is 12.6 Å². The first-order valence-corrected chi connectivity index (χ1v) is 9.45. The van der Waals surface area contributed by atoms with Crippen molar-refractivity contribution in [1.29, 1.82) is 0 Å². The molecular formula is C16H24N2O3S. The maximum atomic E-state index is 11.9. The SMILES string of the molecule is Cc1ccccc1[C@@H](C)NCC(=O)NC[C@H]1CCS(=O)(=O)C1. The maximum absolute atomic E-state index is 11.9. The Morgan fingerprint density at radius 2 is 2.09 bits per heavy atom. The molecule has 2 N–H and O–H groups in total. The van der Waals surface area contributed by atoms with Gasteiger partial charge in [-0.05, 0) is 37.3 Å². The molecule has 1 fully saturated rings. The molecule has 0 saturated carbocycles. The van der Waals surface area contributed by atoms with Crippen LogP contribution in [0.1, 0.15) is 30.5 Å². The van der Waals surface area contributed by atoms with Crippen molar-refractivity contribution in [2.75, 3.05) is 24.6 Å². The first-order valence-electron chi connectivity index (χ1n) is 7.63. The minimum absolute atomic E-state index is 0.0581. The van der Waals surface area contributed by atoms with Crippen molar-refractivity contribution in [3.8, 4) is 0 Å². The third-order valence-corrected chi connectivity index (χ3v) is 5.98. The van der Waals surface area contributed by atoms with Crippen LogP contribution in [0.25, 0.3) is 0 Å². The predicted octanol–water partition coefficient (Wildman–Crippen LogP) is 1.20. The second kappa shape index (κ2) is 7.24. The van der Waals surface area contributed by atoms with E-state index in [1.54, 1.807) is 0 Å². The van der Waals surface area contributed by atoms with Gasteiger partial charge in [0.2, 0.25) is 5.91 Å². The number of sulfone groups is 1. The number of carbonyl (C=O) groups is 1. The van der Waals surface area contributed by atoms with E-state index in [1.807, 2.05) is 38.1 Å². The fourth-order valence-corrected chi connectivity index (χ4v) is 4.64. The van der Waals surface area contributed by atoms with Gasteiger partial charge in [-0.2, -0.15) is 0 Å². The topological polar surface area (TPSA) is 75.3 Å². The van der Waals surface area contributed by atoms with Crippen LogP contribution in [-0.4, -0.2) is 38.9 Å². The summed E-state index contributed by atoms with van der Waals surface area (Å²) in [6.45, 7) is 4.75. The van der Waals surface area contributed by atoms with Crippen LogP contribution in [0.4, 0.5) is 0 Å². The van der Waals surface area contributed by atoms with Crippen LogP contribution in [0, 0.1) is 12.8 Å². The lowest BCUT2D eigenvalue weighted by atomic mass is 10.0. The number of aryl methyl sites for hydroxylation is 1. The van der Waals surface area contributed by atoms with Gasteiger partial charge in [0.15, 0.2) is 9.84 Å². The van der Waals surface area contributed by atoms with E-state index < -0.39 is 9.84 Å². The zero-order chi connectivity index (χ0) is 16.2. The molecule has 5 nitrogen and oxygen atoms in total. The predicted molar refractivity (Wildman–Crippen MR) is 87.4 cm³/mol. The molecule has 1 aliphatic heterocycles. The van der Waals surface area contributed by atoms with E-state index in [-0.39, 0.29) is 35.9 Å². The molecule has 1 saturated heterocycles. The Kier molecular flexibility index (Phi) is 5.58. The molecule has 1 aromatic carbocycles. The maximum Gasteiger partial charge on any atom is 0.233 e. The summed E-state index contributed by atoms with van der Waals surface area (Å²) in [6, 6.07) is 8.18. The van der Waals surface area contributed by atoms with Crippen molar-refractivity contribution in [1.82, 2.24) is 10.6 Å². The second-order valence-electron chi connectivity index (χ2n) is 6.03. The lowest BCUT2D eigenvalue weighted by Crippen LogP contribution is -2.37. The fourth-order valence-electron chi connectivity index (χ4n) is 2.78. The number of carbonyl (C=O) groups excluding carboxylic acids is 1. The van der Waals surface area contributed by atoms with Crippen LogP contribution in [0.3, 0.4) is 0 Å². The van der Waals surface area contributed by atoms with E-state index in [2.05, 4.69) is 10.6 Å². The third-order valence-electron chi connectivity index (χ3n) is 4.14. The summed E-state index contributed by atoms with van der Waals surface area (Å²) in [5, 5.41) is 6.02. The number of amides is 1. The molecule has 0 aliphatic carbocycles. The molecule has 1 heterocycles. The van der Waals surface area contributed by atoms with Crippen molar-refractivity contribution < 1.29 is 13.2 Å². The number of nitrogens with one attached hydrogen (secondary N) is 2. The first kappa shape index (κ1) is 17.0. The van der Waals surface area contributed by atoms with Crippen molar-refractivity contribution in [3.05, 3.63) is 35.4 Å². The van der Waals surface area contributed by atoms with Gasteiger partial charge in [-0.3, -0.25) is 4.79 Å². The number of hydrogen-bond donors (Lipinski definition) is 2. The minimum atomic E-state index is -2.88. The number of hydrogen-bond acceptors (Lipinski definition) is 4. The molecule has 0 spiro atoms. The average Bonchev–Trinajstić information content (AvgIpc) is 2.82. The Balaban J connectivity index is 1.73. The van der Waals surface area contributed by atoms with Gasteiger partial charge in [0.05, 0.1) is 18.1 Å². The molecule has 1 aromatic rings. The summed E-state index contributed by atoms with van der Waals surface area (Å²) in [4.78, 5) is 11.9. The molecule has 1 amide bonds. The van der Waals surface area contributed by atoms with E-state index in [4.69, 9.17) is 0 Å². The molecular weight excluding hydrogens is 300 g/mol. The van der Waals surface area contributed by atoms with Crippen molar-refractivity contribution >= 4 is 15.7 Å². The van der Waals surface area contributed by atoms with E-state index in [0.717, 1.165) is 0 Å². The highest BCUT2D eigenvalue weighted by molar-refractivity contribution is 7.91. The van der Waals surface area contributed by atoms with E-state index in [0.29, 0.717) is 13.0 Å². The number of rotatable bonds is 6. The largest absolute Gasteiger partial charge is 0.355 e. The van der Waals surface area contributed by atoms with Gasteiger partial charge in [0.25, 0.3) is 0 Å². The summed E-state index contributed by atoms with van der Waals surface area (Å²) in [5.41, 5.74) is 2.37. The van der Waals surface area contributed by atoms with Crippen molar-refractivity contribution in [2.24, 2.45) is 5.92 Å². The lowest BCUT2D eigenvalue weighted by molar-refractivity contribution is -0.120. The van der Waals surface area contributed by atoms with Crippen LogP contribution in [0.5, 0.6) is 0 Å². The molecule has 6 heteroatoms. The monoisotopic (exact) mass is 324 g/mol. The lowest BCUT2D eigenvalue weighted by Gasteiger charge is -2.17. The summed E-state index contributed by atoms with van der Waals surface area (Å²) in [5.74, 6) is 0.406. The Hall–Kier alpha value is -1.40. The quantitative estimate of drug-likeness (QED) is 0.824. The molecule has 0 unspecified atom stereocenters. The zero-order valence-corrected chi connectivity index (χ0v) is 13.9. The summed E-state index contributed by atoms with van der Waals surface area (Å²) in [7, 11) is -2.88. The van der Waals surface area contributed by atoms with Crippen LogP contribution < -0.4 is 10.6 Å². The number of benzene rings is 1. The molecule has 0 bridgehead atoms. The molecule has 1 aliphatic rings. The standard InChI is InChI=1S/C16H24N2O3S/c1-12-5-3-4-6-15(12)13(2)17-10-16(19)18-9-14-7-8-22(20,21)11-14/h3-6,13-14,17H,7-11H2,1-2H3,(H,18,19)/t13-,14-/m1/s1. The van der Waals surface area contributed by atoms with Crippen molar-refractivity contribution in [3.63, 3.8) is 0 Å². The van der Waals surface area contributed by atoms with E-state index >= 15 is 0 Å². The van der Waals surface area contributed by atoms with E-state index in [9.17, 15) is 13.2 Å². The molecule has 122 valence electrons. The van der Waals surface area contributed by atoms with Gasteiger partial charge in [-0.1, -0.05) is 24.3 Å². The average molecular weight is 324 g/mol. The normalized spacial score (nSPS) is 21.5. The summed E-state index contributed by atoms with van der Waals surface area (Å²) in [6.07, 6.45) is 0.648. The molecule has 0 aromatic heterocycles. The minimum Gasteiger partial charge on any atom is -0.355 e. The third kappa shape index (κ3) is 4.81. The Morgan fingerprint density at radius 1 is 1.36 bits per heavy atom. The fraction of sp³-hybridized carbons (Fsp3) is 0.562. The molecule has 22 heavy (non-hydrogen) atoms. The Labute approximate surface area is 132 Å². The van der Waals surface area contributed by atoms with Gasteiger partial charge in [0.1, 0.15) is 0 Å². The molecule has 2 rings (SSSR count). The summed E-state index contributed by atoms with van der Waals surface area (Å²) < 4.78 is 22.7. The van der Waals surface area contributed by atoms with Crippen LogP contribution >= 0.6 is 0 Å². The van der Waals surface area contributed by atoms with Crippen molar-refractivity contribution in [2.45, 2.75) is 26.3 Å². The van der Waals surface area contributed by atoms with Gasteiger partial charge in [-0.15, -0.1) is 0 Å².